The highest BCUT2D eigenvalue weighted by Crippen LogP contribution is 2.21. The Morgan fingerprint density at radius 3 is 0.776 bits per heavy atom. The van der Waals surface area contributed by atoms with Crippen molar-refractivity contribution in [3.63, 3.8) is 0 Å². The topological polar surface area (TPSA) is 199 Å². The van der Waals surface area contributed by atoms with E-state index in [0.717, 1.165) is 44.5 Å². The zero-order valence-corrected chi connectivity index (χ0v) is 54.7. The second kappa shape index (κ2) is 39.9. The molecule has 0 bridgehead atoms. The van der Waals surface area contributed by atoms with Crippen LogP contribution in [0.2, 0.25) is 0 Å². The predicted molar refractivity (Wildman–Crippen MR) is 375 cm³/mol. The average molecular weight is 1330 g/mol. The number of carbonyl (C=O) groups excluding carboxylic acids is 6. The second-order valence-corrected chi connectivity index (χ2v) is 24.5. The van der Waals surface area contributed by atoms with Gasteiger partial charge in [0.15, 0.2) is 17.3 Å². The van der Waals surface area contributed by atoms with Crippen LogP contribution in [0.4, 0.5) is 17.6 Å². The normalized spacial score (nSPS) is 12.6. The molecule has 0 aliphatic heterocycles. The lowest BCUT2D eigenvalue weighted by atomic mass is 9.90. The minimum Gasteiger partial charge on any atom is -0.396 e. The summed E-state index contributed by atoms with van der Waals surface area (Å²) in [7, 11) is 0. The first-order valence-corrected chi connectivity index (χ1v) is 32.3. The number of rotatable bonds is 30. The molecule has 98 heavy (non-hydrogen) atoms. The van der Waals surface area contributed by atoms with E-state index < -0.39 is 47.4 Å². The number of aryl methyl sites for hydroxylation is 3. The van der Waals surface area contributed by atoms with E-state index in [1.165, 1.54) is 72.8 Å². The van der Waals surface area contributed by atoms with Crippen molar-refractivity contribution in [3.8, 4) is 0 Å². The Morgan fingerprint density at radius 1 is 0.296 bits per heavy atom. The lowest BCUT2D eigenvalue weighted by Gasteiger charge is -2.21. The first-order valence-electron chi connectivity index (χ1n) is 32.3. The quantitative estimate of drug-likeness (QED) is 0.0237. The third kappa shape index (κ3) is 26.2. The van der Waals surface area contributed by atoms with Crippen LogP contribution in [0.5, 0.6) is 0 Å². The number of hydrogen-bond acceptors (Lipinski definition) is 9. The van der Waals surface area contributed by atoms with Crippen LogP contribution in [0.1, 0.15) is 108 Å². The molecule has 9 aromatic carbocycles. The highest BCUT2D eigenvalue weighted by atomic mass is 19.1. The third-order valence-corrected chi connectivity index (χ3v) is 16.5. The molecule has 0 spiro atoms. The number of amides is 3. The van der Waals surface area contributed by atoms with Gasteiger partial charge in [-0.2, -0.15) is 0 Å². The molecular weight excluding hydrogens is 1250 g/mol. The van der Waals surface area contributed by atoms with Gasteiger partial charge in [0.2, 0.25) is 0 Å². The summed E-state index contributed by atoms with van der Waals surface area (Å²) < 4.78 is 53.0. The minimum absolute atomic E-state index is 0. The van der Waals surface area contributed by atoms with Crippen molar-refractivity contribution in [3.05, 3.63) is 321 Å². The second-order valence-electron chi connectivity index (χ2n) is 24.5. The van der Waals surface area contributed by atoms with E-state index in [4.69, 9.17) is 0 Å². The first-order chi connectivity index (χ1) is 46.7. The Bertz CT molecular complexity index is 3920. The maximum atomic E-state index is 13.3. The van der Waals surface area contributed by atoms with Crippen LogP contribution in [-0.4, -0.2) is 88.3 Å². The van der Waals surface area contributed by atoms with E-state index in [2.05, 4.69) is 16.0 Å². The van der Waals surface area contributed by atoms with Crippen LogP contribution in [-0.2, 0) is 52.9 Å². The number of ketones is 3. The van der Waals surface area contributed by atoms with Gasteiger partial charge in [-0.1, -0.05) is 170 Å². The van der Waals surface area contributed by atoms with Crippen LogP contribution < -0.4 is 16.0 Å². The van der Waals surface area contributed by atoms with E-state index in [1.807, 2.05) is 130 Å². The monoisotopic (exact) mass is 1330 g/mol. The maximum absolute atomic E-state index is 13.3. The number of carbonyl (C=O) groups is 6. The fourth-order valence-corrected chi connectivity index (χ4v) is 10.9. The molecule has 9 rings (SSSR count). The van der Waals surface area contributed by atoms with Crippen molar-refractivity contribution in [1.29, 1.82) is 0 Å². The van der Waals surface area contributed by atoms with E-state index in [-0.39, 0.29) is 117 Å². The summed E-state index contributed by atoms with van der Waals surface area (Å²) >= 11 is 0. The first kappa shape index (κ1) is 77.0. The molecule has 0 aromatic heterocycles. The molecule has 12 nitrogen and oxygen atoms in total. The van der Waals surface area contributed by atoms with Gasteiger partial charge in [-0.3, -0.25) is 28.8 Å². The molecule has 0 saturated carbocycles. The summed E-state index contributed by atoms with van der Waals surface area (Å²) in [5.74, 6) is -4.27. The molecule has 0 fully saturated rings. The van der Waals surface area contributed by atoms with Crippen molar-refractivity contribution in [2.75, 3.05) is 19.8 Å². The van der Waals surface area contributed by atoms with Crippen molar-refractivity contribution in [2.24, 2.45) is 17.8 Å². The van der Waals surface area contributed by atoms with Crippen molar-refractivity contribution in [2.45, 2.75) is 104 Å². The molecule has 6 atom stereocenters. The number of hydrogen-bond donors (Lipinski definition) is 6. The Labute approximate surface area is 572 Å². The number of halogens is 4. The number of aliphatic hydroxyl groups is 3. The van der Waals surface area contributed by atoms with Gasteiger partial charge in [-0.05, 0) is 195 Å². The van der Waals surface area contributed by atoms with Crippen LogP contribution in [0.25, 0.3) is 0 Å². The standard InChI is InChI=1S/C27H27F2NO3.2C27H28FNO3.CH4/c1-18-2-4-19(5-3-18)14-21(17-31)16-26(32)25(15-20-6-10-23(28)11-7-20)30-27(33)22-8-12-24(29)13-9-22;1-19-7-9-20(10-8-19)15-22(18-30)17-26(31)25(16-21-11-13-24(28)14-12-21)29-27(32)23-5-3-2-4-6-23;1-19-7-9-21(10-8-19)15-22(18-30)17-26(31)25(16-20-5-3-2-4-6-20)29-27(32)23-11-13-24(28)14-12-23;/h2-13,21,25,31H,14-17H2,1H3,(H,30,33);2*2-14,22,25,30H,15-18H2,1H3,(H,29,32);1H4/t21-,25+;2*22-,25+;/m111./s1. The zero-order chi connectivity index (χ0) is 69.6. The number of nitrogens with one attached hydrogen (secondary N) is 3. The van der Waals surface area contributed by atoms with Crippen LogP contribution in [0, 0.1) is 61.8 Å². The molecule has 0 heterocycles. The van der Waals surface area contributed by atoms with Crippen LogP contribution >= 0.6 is 0 Å². The summed E-state index contributed by atoms with van der Waals surface area (Å²) in [6.07, 6.45) is 2.78. The summed E-state index contributed by atoms with van der Waals surface area (Å²) in [5, 5.41) is 38.0. The van der Waals surface area contributed by atoms with Gasteiger partial charge in [0.1, 0.15) is 23.3 Å². The van der Waals surface area contributed by atoms with Gasteiger partial charge in [0.25, 0.3) is 17.7 Å². The summed E-state index contributed by atoms with van der Waals surface area (Å²) in [6, 6.07) is 61.5. The summed E-state index contributed by atoms with van der Waals surface area (Å²) in [4.78, 5) is 77.7. The lowest BCUT2D eigenvalue weighted by Crippen LogP contribution is -2.43. The summed E-state index contributed by atoms with van der Waals surface area (Å²) in [6.45, 7) is 5.58. The minimum atomic E-state index is -0.875. The van der Waals surface area contributed by atoms with Crippen LogP contribution in [0.3, 0.4) is 0 Å². The highest BCUT2D eigenvalue weighted by molar-refractivity contribution is 5.99. The zero-order valence-electron chi connectivity index (χ0n) is 54.7. The molecule has 0 aliphatic carbocycles. The number of Topliss-reactive ketones (excluding diaryl/α,β-unsaturated/α-hetero) is 3. The average Bonchev–Trinajstić information content (AvgIpc) is 0.977. The smallest absolute Gasteiger partial charge is 0.251 e. The van der Waals surface area contributed by atoms with E-state index in [9.17, 15) is 61.6 Å². The van der Waals surface area contributed by atoms with E-state index >= 15 is 0 Å². The molecule has 0 radical (unpaired) electrons. The predicted octanol–water partition coefficient (Wildman–Crippen LogP) is 13.6. The number of benzene rings is 9. The molecule has 512 valence electrons. The van der Waals surface area contributed by atoms with Gasteiger partial charge in [0.05, 0.1) is 18.1 Å². The molecule has 0 saturated heterocycles. The molecule has 9 aromatic rings. The molecule has 16 heteroatoms. The van der Waals surface area contributed by atoms with E-state index in [0.29, 0.717) is 36.8 Å². The van der Waals surface area contributed by atoms with Gasteiger partial charge < -0.3 is 31.3 Å². The van der Waals surface area contributed by atoms with Crippen molar-refractivity contribution in [1.82, 2.24) is 16.0 Å². The summed E-state index contributed by atoms with van der Waals surface area (Å²) in [5.41, 5.74) is 9.87. The molecule has 6 N–H and O–H groups in total. The Kier molecular flexibility index (Phi) is 31.4. The third-order valence-electron chi connectivity index (χ3n) is 16.5. The van der Waals surface area contributed by atoms with Gasteiger partial charge in [0, 0.05) is 55.8 Å². The molecular formula is C82H87F4N3O9. The largest absolute Gasteiger partial charge is 0.396 e. The maximum Gasteiger partial charge on any atom is 0.251 e. The Morgan fingerprint density at radius 2 is 0.510 bits per heavy atom. The van der Waals surface area contributed by atoms with Crippen LogP contribution in [0.15, 0.2) is 231 Å². The Balaban J connectivity index is 0.000000231. The number of aliphatic hydroxyl groups excluding tert-OH is 3. The van der Waals surface area contributed by atoms with Gasteiger partial charge >= 0.3 is 0 Å². The van der Waals surface area contributed by atoms with Gasteiger partial charge in [-0.25, -0.2) is 17.6 Å². The molecule has 0 aliphatic rings. The van der Waals surface area contributed by atoms with Crippen molar-refractivity contribution < 1.29 is 61.6 Å². The molecule has 0 unspecified atom stereocenters. The fourth-order valence-electron chi connectivity index (χ4n) is 10.9. The lowest BCUT2D eigenvalue weighted by molar-refractivity contribution is -0.122. The molecule has 3 amide bonds. The van der Waals surface area contributed by atoms with Crippen molar-refractivity contribution >= 4 is 35.1 Å². The van der Waals surface area contributed by atoms with Gasteiger partial charge in [-0.15, -0.1) is 0 Å². The van der Waals surface area contributed by atoms with E-state index in [1.54, 1.807) is 48.5 Å². The highest BCUT2D eigenvalue weighted by Gasteiger charge is 2.28. The SMILES string of the molecule is C.Cc1ccc(C[C@@H](CO)CC(=O)[C@H](Cc2ccc(F)cc2)NC(=O)c2ccc(F)cc2)cc1.Cc1ccc(C[C@@H](CO)CC(=O)[C@H](Cc2ccc(F)cc2)NC(=O)c2ccccc2)cc1.Cc1ccc(C[C@@H](CO)CC(=O)[C@H](Cc2ccccc2)NC(=O)c2ccc(F)cc2)cc1. The fraction of sp³-hybridized carbons (Fsp3) is 0.268. The Hall–Kier alpha value is -10.0.